The average Bonchev–Trinajstić information content (AvgIpc) is 2.49. The van der Waals surface area contributed by atoms with E-state index < -0.39 is 11.9 Å². The molecule has 1 aromatic rings. The number of carbonyl (C=O) groups is 1. The number of nitrogens with zero attached hydrogens (tertiary/aromatic N) is 1. The molecule has 0 bridgehead atoms. The molecule has 1 N–H and O–H groups in total. The zero-order valence-electron chi connectivity index (χ0n) is 11.6. The fourth-order valence-electron chi connectivity index (χ4n) is 2.35. The molecule has 20 heavy (non-hydrogen) atoms. The van der Waals surface area contributed by atoms with Gasteiger partial charge in [0.1, 0.15) is 0 Å². The molecule has 4 nitrogen and oxygen atoms in total. The highest BCUT2D eigenvalue weighted by Crippen LogP contribution is 2.21. The SMILES string of the molecule is CC(Oc1ccc(CO)cc1F)C(=O)N1CCCCC1. The number of rotatable bonds is 4. The maximum absolute atomic E-state index is 13.7. The largest absolute Gasteiger partial charge is 0.478 e. The Balaban J connectivity index is 1.99. The van der Waals surface area contributed by atoms with Gasteiger partial charge in [-0.2, -0.15) is 0 Å². The molecule has 1 fully saturated rings. The number of benzene rings is 1. The molecule has 2 rings (SSSR count). The smallest absolute Gasteiger partial charge is 0.263 e. The number of amides is 1. The van der Waals surface area contributed by atoms with Gasteiger partial charge in [-0.05, 0) is 43.9 Å². The molecule has 5 heteroatoms. The van der Waals surface area contributed by atoms with Gasteiger partial charge in [0.05, 0.1) is 6.61 Å². The first-order valence-electron chi connectivity index (χ1n) is 6.96. The summed E-state index contributed by atoms with van der Waals surface area (Å²) in [5.41, 5.74) is 0.477. The zero-order chi connectivity index (χ0) is 14.5. The molecular weight excluding hydrogens is 261 g/mol. The standard InChI is InChI=1S/C15H20FNO3/c1-11(15(19)17-7-3-2-4-8-17)20-14-6-5-12(10-18)9-13(14)16/h5-6,9,11,18H,2-4,7-8,10H2,1H3. The Morgan fingerprint density at radius 1 is 1.40 bits per heavy atom. The summed E-state index contributed by atoms with van der Waals surface area (Å²) in [4.78, 5) is 13.9. The Morgan fingerprint density at radius 2 is 2.10 bits per heavy atom. The van der Waals surface area contributed by atoms with E-state index in [-0.39, 0.29) is 18.3 Å². The maximum Gasteiger partial charge on any atom is 0.263 e. The second kappa shape index (κ2) is 6.70. The molecule has 0 radical (unpaired) electrons. The first-order chi connectivity index (χ1) is 9.61. The number of ether oxygens (including phenoxy) is 1. The molecule has 0 saturated carbocycles. The minimum Gasteiger partial charge on any atom is -0.478 e. The lowest BCUT2D eigenvalue weighted by Gasteiger charge is -2.29. The molecule has 1 heterocycles. The van der Waals surface area contributed by atoms with E-state index in [0.717, 1.165) is 32.4 Å². The summed E-state index contributed by atoms with van der Waals surface area (Å²) in [6.45, 7) is 2.91. The summed E-state index contributed by atoms with van der Waals surface area (Å²) >= 11 is 0. The van der Waals surface area contributed by atoms with Crippen molar-refractivity contribution in [3.8, 4) is 5.75 Å². The van der Waals surface area contributed by atoms with Gasteiger partial charge in [-0.25, -0.2) is 4.39 Å². The number of aliphatic hydroxyl groups is 1. The van der Waals surface area contributed by atoms with Crippen LogP contribution in [0.3, 0.4) is 0 Å². The van der Waals surface area contributed by atoms with Crippen molar-refractivity contribution in [2.45, 2.75) is 38.9 Å². The van der Waals surface area contributed by atoms with Gasteiger partial charge in [0.2, 0.25) is 0 Å². The van der Waals surface area contributed by atoms with Crippen molar-refractivity contribution in [3.63, 3.8) is 0 Å². The van der Waals surface area contributed by atoms with Crippen molar-refractivity contribution >= 4 is 5.91 Å². The summed E-state index contributed by atoms with van der Waals surface area (Å²) in [5.74, 6) is -0.620. The molecule has 0 aromatic heterocycles. The van der Waals surface area contributed by atoms with Crippen molar-refractivity contribution in [2.75, 3.05) is 13.1 Å². The van der Waals surface area contributed by atoms with Crippen LogP contribution in [0.25, 0.3) is 0 Å². The zero-order valence-corrected chi connectivity index (χ0v) is 11.6. The van der Waals surface area contributed by atoms with Gasteiger partial charge in [-0.1, -0.05) is 6.07 Å². The van der Waals surface area contributed by atoms with Crippen molar-refractivity contribution < 1.29 is 19.0 Å². The van der Waals surface area contributed by atoms with E-state index in [0.29, 0.717) is 5.56 Å². The summed E-state index contributed by atoms with van der Waals surface area (Å²) in [7, 11) is 0. The highest BCUT2D eigenvalue weighted by molar-refractivity contribution is 5.81. The van der Waals surface area contributed by atoms with Gasteiger partial charge in [-0.3, -0.25) is 4.79 Å². The fourth-order valence-corrected chi connectivity index (χ4v) is 2.35. The van der Waals surface area contributed by atoms with Crippen molar-refractivity contribution in [2.24, 2.45) is 0 Å². The van der Waals surface area contributed by atoms with Crippen molar-refractivity contribution in [1.82, 2.24) is 4.90 Å². The normalized spacial score (nSPS) is 16.9. The minimum absolute atomic E-state index is 0.0417. The van der Waals surface area contributed by atoms with Gasteiger partial charge < -0.3 is 14.7 Å². The number of halogens is 1. The second-order valence-electron chi connectivity index (χ2n) is 5.07. The van der Waals surface area contributed by atoms with Gasteiger partial charge in [-0.15, -0.1) is 0 Å². The van der Waals surface area contributed by atoms with E-state index in [1.165, 1.54) is 12.1 Å². The molecule has 0 spiro atoms. The van der Waals surface area contributed by atoms with E-state index >= 15 is 0 Å². The number of hydrogen-bond acceptors (Lipinski definition) is 3. The minimum atomic E-state index is -0.706. The molecule has 1 saturated heterocycles. The predicted octanol–water partition coefficient (Wildman–Crippen LogP) is 2.10. The lowest BCUT2D eigenvalue weighted by Crippen LogP contribution is -2.43. The lowest BCUT2D eigenvalue weighted by molar-refractivity contribution is -0.138. The number of piperidine rings is 1. The Morgan fingerprint density at radius 3 is 2.70 bits per heavy atom. The van der Waals surface area contributed by atoms with Gasteiger partial charge in [0.25, 0.3) is 5.91 Å². The van der Waals surface area contributed by atoms with Crippen LogP contribution < -0.4 is 4.74 Å². The van der Waals surface area contributed by atoms with Gasteiger partial charge in [0, 0.05) is 13.1 Å². The third-order valence-corrected chi connectivity index (χ3v) is 3.50. The molecule has 0 aliphatic carbocycles. The molecule has 1 unspecified atom stereocenters. The van der Waals surface area contributed by atoms with Crippen LogP contribution >= 0.6 is 0 Å². The van der Waals surface area contributed by atoms with Crippen LogP contribution in [-0.2, 0) is 11.4 Å². The van der Waals surface area contributed by atoms with Crippen LogP contribution in [0.1, 0.15) is 31.7 Å². The third-order valence-electron chi connectivity index (χ3n) is 3.50. The summed E-state index contributed by atoms with van der Waals surface area (Å²) in [5, 5.41) is 8.92. The van der Waals surface area contributed by atoms with Gasteiger partial charge in [0.15, 0.2) is 17.7 Å². The highest BCUT2D eigenvalue weighted by Gasteiger charge is 2.24. The summed E-state index contributed by atoms with van der Waals surface area (Å²) in [6, 6.07) is 4.24. The van der Waals surface area contributed by atoms with E-state index in [1.807, 2.05) is 0 Å². The first-order valence-corrected chi connectivity index (χ1v) is 6.96. The molecule has 110 valence electrons. The molecule has 1 aliphatic rings. The fraction of sp³-hybridized carbons (Fsp3) is 0.533. The lowest BCUT2D eigenvalue weighted by atomic mass is 10.1. The average molecular weight is 281 g/mol. The molecular formula is C15H20FNO3. The highest BCUT2D eigenvalue weighted by atomic mass is 19.1. The quantitative estimate of drug-likeness (QED) is 0.919. The first kappa shape index (κ1) is 14.8. The number of carbonyl (C=O) groups excluding carboxylic acids is 1. The van der Waals surface area contributed by atoms with Crippen molar-refractivity contribution in [3.05, 3.63) is 29.6 Å². The topological polar surface area (TPSA) is 49.8 Å². The van der Waals surface area contributed by atoms with Crippen LogP contribution in [0, 0.1) is 5.82 Å². The van der Waals surface area contributed by atoms with Crippen LogP contribution in [0.2, 0.25) is 0 Å². The van der Waals surface area contributed by atoms with Gasteiger partial charge >= 0.3 is 0 Å². The maximum atomic E-state index is 13.7. The van der Waals surface area contributed by atoms with E-state index in [2.05, 4.69) is 0 Å². The number of aliphatic hydroxyl groups excluding tert-OH is 1. The van der Waals surface area contributed by atoms with Crippen LogP contribution in [0.4, 0.5) is 4.39 Å². The Bertz CT molecular complexity index is 472. The molecule has 1 aliphatic heterocycles. The Hall–Kier alpha value is -1.62. The van der Waals surface area contributed by atoms with E-state index in [1.54, 1.807) is 17.9 Å². The molecule has 1 amide bonds. The van der Waals surface area contributed by atoms with Crippen LogP contribution in [0.15, 0.2) is 18.2 Å². The van der Waals surface area contributed by atoms with Crippen molar-refractivity contribution in [1.29, 1.82) is 0 Å². The van der Waals surface area contributed by atoms with Crippen LogP contribution in [0.5, 0.6) is 5.75 Å². The monoisotopic (exact) mass is 281 g/mol. The Labute approximate surface area is 118 Å². The summed E-state index contributed by atoms with van der Waals surface area (Å²) in [6.07, 6.45) is 2.47. The number of hydrogen-bond donors (Lipinski definition) is 1. The third kappa shape index (κ3) is 3.48. The number of likely N-dealkylation sites (tertiary alicyclic amines) is 1. The predicted molar refractivity (Wildman–Crippen MR) is 72.8 cm³/mol. The molecule has 1 atom stereocenters. The molecule has 1 aromatic carbocycles. The van der Waals surface area contributed by atoms with Crippen LogP contribution in [-0.4, -0.2) is 35.1 Å². The van der Waals surface area contributed by atoms with E-state index in [9.17, 15) is 9.18 Å². The second-order valence-corrected chi connectivity index (χ2v) is 5.07. The Kier molecular flexibility index (Phi) is 4.95. The van der Waals surface area contributed by atoms with E-state index in [4.69, 9.17) is 9.84 Å². The summed E-state index contributed by atoms with van der Waals surface area (Å²) < 4.78 is 19.2.